The lowest BCUT2D eigenvalue weighted by Gasteiger charge is -2.38. The molecule has 3 aromatic rings. The topological polar surface area (TPSA) is 135 Å². The van der Waals surface area contributed by atoms with Crippen molar-refractivity contribution in [2.45, 2.75) is 87.9 Å². The van der Waals surface area contributed by atoms with E-state index in [-0.39, 0.29) is 30.8 Å². The molecule has 1 saturated carbocycles. The van der Waals surface area contributed by atoms with Crippen molar-refractivity contribution in [3.05, 3.63) is 94.8 Å². The fourth-order valence-corrected chi connectivity index (χ4v) is 7.15. The molecule has 1 aliphatic carbocycles. The minimum atomic E-state index is -4.54. The van der Waals surface area contributed by atoms with Crippen LogP contribution in [0.2, 0.25) is 0 Å². The number of nitrogens with zero attached hydrogens (tertiary/aromatic N) is 2. The molecule has 9 nitrogen and oxygen atoms in total. The van der Waals surface area contributed by atoms with Crippen LogP contribution in [0.5, 0.6) is 0 Å². The fraction of sp³-hybridized carbons (Fsp3) is 0.432. The summed E-state index contributed by atoms with van der Waals surface area (Å²) in [5.74, 6) is -0.887. The van der Waals surface area contributed by atoms with Crippen LogP contribution in [0.4, 0.5) is 33.7 Å². The molecule has 272 valence electrons. The molecule has 51 heavy (non-hydrogen) atoms. The molecule has 1 aliphatic heterocycles. The zero-order valence-corrected chi connectivity index (χ0v) is 29.3. The Balaban J connectivity index is 1.40. The van der Waals surface area contributed by atoms with Gasteiger partial charge in [0.25, 0.3) is 0 Å². The summed E-state index contributed by atoms with van der Waals surface area (Å²) in [6, 6.07) is 15.8. The van der Waals surface area contributed by atoms with Gasteiger partial charge in [-0.05, 0) is 106 Å². The molecule has 0 bridgehead atoms. The zero-order chi connectivity index (χ0) is 37.1. The predicted molar refractivity (Wildman–Crippen MR) is 186 cm³/mol. The summed E-state index contributed by atoms with van der Waals surface area (Å²) < 4.78 is 70.7. The number of urea groups is 1. The molecule has 2 aliphatic rings. The maximum absolute atomic E-state index is 15.4. The Morgan fingerprint density at radius 1 is 0.980 bits per heavy atom. The highest BCUT2D eigenvalue weighted by Crippen LogP contribution is 2.43. The van der Waals surface area contributed by atoms with Crippen LogP contribution in [-0.2, 0) is 27.5 Å². The van der Waals surface area contributed by atoms with E-state index in [2.05, 4.69) is 21.4 Å². The molecular weight excluding hydrogens is 686 g/mol. The smallest absolute Gasteiger partial charge is 0.391 e. The van der Waals surface area contributed by atoms with Crippen LogP contribution in [0.1, 0.15) is 81.5 Å². The Morgan fingerprint density at radius 2 is 1.65 bits per heavy atom. The molecule has 1 saturated heterocycles. The number of halogens is 4. The van der Waals surface area contributed by atoms with Crippen molar-refractivity contribution in [3.63, 3.8) is 0 Å². The lowest BCUT2D eigenvalue weighted by Crippen LogP contribution is -2.49. The molecule has 2 unspecified atom stereocenters. The molecule has 4 N–H and O–H groups in total. The van der Waals surface area contributed by atoms with Crippen LogP contribution in [-0.4, -0.2) is 49.6 Å². The van der Waals surface area contributed by atoms with Gasteiger partial charge in [-0.2, -0.15) is 18.4 Å². The molecular formula is C37H41F4N5O4S. The number of rotatable bonds is 11. The number of hydrogen-bond acceptors (Lipinski definition) is 5. The van der Waals surface area contributed by atoms with E-state index in [0.29, 0.717) is 29.0 Å². The molecule has 3 amide bonds. The highest BCUT2D eigenvalue weighted by molar-refractivity contribution is 7.84. The van der Waals surface area contributed by atoms with Gasteiger partial charge in [0.1, 0.15) is 5.82 Å². The normalized spacial score (nSPS) is 19.5. The number of β-amino-alcohol motifs (C(OH)–C–C–N with tert-alkyl or cyclic N) is 1. The van der Waals surface area contributed by atoms with Gasteiger partial charge in [0, 0.05) is 24.7 Å². The monoisotopic (exact) mass is 727 g/mol. The number of hydrogen-bond donors (Lipinski definition) is 4. The summed E-state index contributed by atoms with van der Waals surface area (Å²) in [5.41, 5.74) is -0.455. The Morgan fingerprint density at radius 3 is 2.27 bits per heavy atom. The van der Waals surface area contributed by atoms with Gasteiger partial charge in [0.05, 0.1) is 50.3 Å². The van der Waals surface area contributed by atoms with E-state index in [4.69, 9.17) is 0 Å². The number of nitriles is 1. The maximum atomic E-state index is 15.4. The molecule has 2 fully saturated rings. The van der Waals surface area contributed by atoms with E-state index in [1.807, 2.05) is 26.8 Å². The van der Waals surface area contributed by atoms with Gasteiger partial charge in [-0.1, -0.05) is 31.0 Å². The van der Waals surface area contributed by atoms with Crippen LogP contribution < -0.4 is 15.4 Å². The number of carbonyl (C=O) groups is 2. The summed E-state index contributed by atoms with van der Waals surface area (Å²) in [7, 11) is -1.60. The number of nitrogens with one attached hydrogen (secondary N) is 3. The van der Waals surface area contributed by atoms with Gasteiger partial charge in [-0.25, -0.2) is 18.1 Å². The molecule has 4 atom stereocenters. The van der Waals surface area contributed by atoms with Crippen molar-refractivity contribution in [2.24, 2.45) is 5.92 Å². The number of alkyl halides is 3. The highest BCUT2D eigenvalue weighted by atomic mass is 32.2. The minimum absolute atomic E-state index is 0.0540. The SMILES string of the molecule is CC(C)(C)S(=O)NC(CCC1CC1)(c1cccc(C#N)c1)c1ccc(F)c(NC(=O)C[C@H]2C[C@@H](O)CN2C(=O)Nc2ccc(C(F)(F)F)cc2)c1. The third kappa shape index (κ3) is 9.32. The zero-order valence-electron chi connectivity index (χ0n) is 28.5. The standard InChI is InChI=1S/C37H41F4N5O4S/c1-35(2,3)51(50)45-36(16-15-23-7-8-23,26-6-4-5-24(17-26)21-42)27-11-14-31(38)32(18-27)44-33(48)20-29-19-30(47)22-46(29)34(49)43-28-12-9-25(10-13-28)37(39,40)41/h4-6,9-14,17-18,23,29-30,45,47H,7-8,15-16,19-20,22H2,1-3H3,(H,43,49)(H,44,48)/t29-,30-,36?,51?/m1/s1. The Kier molecular flexibility index (Phi) is 11.2. The van der Waals surface area contributed by atoms with Gasteiger partial charge in [0.15, 0.2) is 0 Å². The highest BCUT2D eigenvalue weighted by Gasteiger charge is 2.41. The van der Waals surface area contributed by atoms with E-state index in [1.54, 1.807) is 24.3 Å². The van der Waals surface area contributed by atoms with Crippen LogP contribution in [0.3, 0.4) is 0 Å². The Hall–Kier alpha value is -4.32. The lowest BCUT2D eigenvalue weighted by molar-refractivity contribution is -0.137. The minimum Gasteiger partial charge on any atom is -0.391 e. The fourth-order valence-electron chi connectivity index (χ4n) is 6.19. The van der Waals surface area contributed by atoms with Gasteiger partial charge in [-0.15, -0.1) is 0 Å². The average molecular weight is 728 g/mol. The van der Waals surface area contributed by atoms with Gasteiger partial charge < -0.3 is 20.6 Å². The van der Waals surface area contributed by atoms with Crippen molar-refractivity contribution in [1.29, 1.82) is 5.26 Å². The first-order chi connectivity index (χ1) is 24.0. The first kappa shape index (κ1) is 37.9. The first-order valence-corrected chi connectivity index (χ1v) is 17.9. The van der Waals surface area contributed by atoms with E-state index >= 15 is 4.39 Å². The van der Waals surface area contributed by atoms with E-state index in [1.165, 1.54) is 17.0 Å². The number of carbonyl (C=O) groups excluding carboxylic acids is 2. The number of likely N-dealkylation sites (tertiary alicyclic amines) is 1. The van der Waals surface area contributed by atoms with E-state index in [0.717, 1.165) is 43.5 Å². The molecule has 0 radical (unpaired) electrons. The maximum Gasteiger partial charge on any atom is 0.416 e. The van der Waals surface area contributed by atoms with Crippen LogP contribution in [0.25, 0.3) is 0 Å². The molecule has 1 heterocycles. The average Bonchev–Trinajstić information content (AvgIpc) is 3.83. The number of anilines is 2. The molecule has 14 heteroatoms. The Labute approximate surface area is 297 Å². The van der Waals surface area contributed by atoms with E-state index in [9.17, 15) is 37.3 Å². The van der Waals surface area contributed by atoms with Crippen LogP contribution in [0, 0.1) is 23.1 Å². The molecule has 0 spiro atoms. The predicted octanol–water partition coefficient (Wildman–Crippen LogP) is 7.20. The van der Waals surface area contributed by atoms with Crippen molar-refractivity contribution in [2.75, 3.05) is 17.2 Å². The largest absolute Gasteiger partial charge is 0.416 e. The van der Waals surface area contributed by atoms with Gasteiger partial charge in [0.2, 0.25) is 5.91 Å². The van der Waals surface area contributed by atoms with Crippen molar-refractivity contribution < 1.29 is 36.5 Å². The number of aliphatic hydroxyl groups excluding tert-OH is 1. The van der Waals surface area contributed by atoms with Gasteiger partial charge >= 0.3 is 12.2 Å². The second-order valence-electron chi connectivity index (χ2n) is 14.2. The van der Waals surface area contributed by atoms with Crippen molar-refractivity contribution in [1.82, 2.24) is 9.62 Å². The summed E-state index contributed by atoms with van der Waals surface area (Å²) >= 11 is 0. The summed E-state index contributed by atoms with van der Waals surface area (Å²) in [6.45, 7) is 5.38. The molecule has 5 rings (SSSR count). The lowest BCUT2D eigenvalue weighted by atomic mass is 9.79. The van der Waals surface area contributed by atoms with E-state index < -0.39 is 62.9 Å². The number of benzene rings is 3. The van der Waals surface area contributed by atoms with Crippen molar-refractivity contribution in [3.8, 4) is 6.07 Å². The first-order valence-electron chi connectivity index (χ1n) is 16.7. The quantitative estimate of drug-likeness (QED) is 0.155. The summed E-state index contributed by atoms with van der Waals surface area (Å²) in [4.78, 5) is 27.7. The van der Waals surface area contributed by atoms with Crippen LogP contribution in [0.15, 0.2) is 66.7 Å². The molecule has 0 aromatic heterocycles. The third-order valence-electron chi connectivity index (χ3n) is 9.20. The second kappa shape index (κ2) is 15.1. The van der Waals surface area contributed by atoms with Gasteiger partial charge in [-0.3, -0.25) is 4.79 Å². The number of amides is 3. The molecule has 3 aromatic carbocycles. The third-order valence-corrected chi connectivity index (χ3v) is 10.8. The number of aliphatic hydroxyl groups is 1. The van der Waals surface area contributed by atoms with Crippen molar-refractivity contribution >= 4 is 34.3 Å². The summed E-state index contributed by atoms with van der Waals surface area (Å²) in [5, 5.41) is 25.2. The second-order valence-corrected chi connectivity index (χ2v) is 16.2. The Bertz CT molecular complexity index is 1820. The summed E-state index contributed by atoms with van der Waals surface area (Å²) in [6.07, 6.45) is -2.35. The van der Waals surface area contributed by atoms with Crippen LogP contribution >= 0.6 is 0 Å².